The third-order valence-electron chi connectivity index (χ3n) is 3.85. The zero-order valence-electron chi connectivity index (χ0n) is 15.0. The number of nitrogens with one attached hydrogen (secondary N) is 2. The van der Waals surface area contributed by atoms with E-state index in [0.29, 0.717) is 34.3 Å². The van der Waals surface area contributed by atoms with Gasteiger partial charge in [-0.25, -0.2) is 8.42 Å². The normalized spacial score (nSPS) is 11.4. The van der Waals surface area contributed by atoms with Crippen molar-refractivity contribution in [3.63, 3.8) is 0 Å². The molecular formula is C19H23ClN2O3S. The molecule has 0 radical (unpaired) electrons. The lowest BCUT2D eigenvalue weighted by atomic mass is 10.1. The Labute approximate surface area is 159 Å². The number of halogens is 1. The molecule has 0 heterocycles. The maximum absolute atomic E-state index is 12.6. The second kappa shape index (κ2) is 8.56. The topological polar surface area (TPSA) is 75.3 Å². The van der Waals surface area contributed by atoms with Crippen LogP contribution in [0.2, 0.25) is 5.02 Å². The average Bonchev–Trinajstić information content (AvgIpc) is 2.57. The number of rotatable bonds is 7. The predicted octanol–water partition coefficient (Wildman–Crippen LogP) is 4.23. The molecule has 0 aliphatic heterocycles. The van der Waals surface area contributed by atoms with Crippen molar-refractivity contribution < 1.29 is 13.2 Å². The summed E-state index contributed by atoms with van der Waals surface area (Å²) >= 11 is 5.90. The second-order valence-electron chi connectivity index (χ2n) is 6.53. The molecule has 0 saturated carbocycles. The third-order valence-corrected chi connectivity index (χ3v) is 5.44. The smallest absolute Gasteiger partial charge is 0.261 e. The van der Waals surface area contributed by atoms with E-state index in [4.69, 9.17) is 11.6 Å². The lowest BCUT2D eigenvalue weighted by Crippen LogP contribution is -2.25. The Bertz CT molecular complexity index is 895. The molecule has 140 valence electrons. The molecule has 7 heteroatoms. The molecule has 0 fully saturated rings. The molecule has 2 N–H and O–H groups in total. The summed E-state index contributed by atoms with van der Waals surface area (Å²) in [4.78, 5) is 12.2. The number of anilines is 1. The van der Waals surface area contributed by atoms with Crippen molar-refractivity contribution in [1.82, 2.24) is 5.32 Å². The maximum atomic E-state index is 12.6. The summed E-state index contributed by atoms with van der Waals surface area (Å²) in [5.41, 5.74) is 1.47. The summed E-state index contributed by atoms with van der Waals surface area (Å²) in [6.45, 7) is 6.46. The van der Waals surface area contributed by atoms with Crippen molar-refractivity contribution in [1.29, 1.82) is 0 Å². The van der Waals surface area contributed by atoms with Crippen molar-refractivity contribution in [2.45, 2.75) is 32.1 Å². The van der Waals surface area contributed by atoms with Crippen LogP contribution in [-0.4, -0.2) is 20.9 Å². The summed E-state index contributed by atoms with van der Waals surface area (Å²) in [7, 11) is -3.81. The Balaban J connectivity index is 2.18. The van der Waals surface area contributed by atoms with Crippen LogP contribution in [0.4, 0.5) is 5.69 Å². The summed E-state index contributed by atoms with van der Waals surface area (Å²) in [5.74, 6) is 0.194. The average molecular weight is 395 g/mol. The number of carbonyl (C=O) groups excluding carboxylic acids is 1. The first kappa shape index (κ1) is 20.3. The van der Waals surface area contributed by atoms with Crippen molar-refractivity contribution in [2.24, 2.45) is 5.92 Å². The molecule has 0 bridgehead atoms. The minimum atomic E-state index is -3.81. The monoisotopic (exact) mass is 394 g/mol. The van der Waals surface area contributed by atoms with Gasteiger partial charge in [0.05, 0.1) is 10.6 Å². The molecule has 0 aliphatic carbocycles. The highest BCUT2D eigenvalue weighted by Gasteiger charge is 2.17. The summed E-state index contributed by atoms with van der Waals surface area (Å²) in [5, 5.41) is 3.34. The van der Waals surface area contributed by atoms with Crippen LogP contribution in [0.5, 0.6) is 0 Å². The zero-order valence-corrected chi connectivity index (χ0v) is 16.6. The van der Waals surface area contributed by atoms with Gasteiger partial charge in [0.1, 0.15) is 0 Å². The Hall–Kier alpha value is -2.05. The Morgan fingerprint density at radius 3 is 2.54 bits per heavy atom. The van der Waals surface area contributed by atoms with Crippen LogP contribution in [0, 0.1) is 12.8 Å². The van der Waals surface area contributed by atoms with E-state index in [-0.39, 0.29) is 10.8 Å². The lowest BCUT2D eigenvalue weighted by Gasteiger charge is -2.12. The highest BCUT2D eigenvalue weighted by Crippen LogP contribution is 2.23. The van der Waals surface area contributed by atoms with Crippen LogP contribution in [0.25, 0.3) is 0 Å². The Kier molecular flexibility index (Phi) is 6.67. The third kappa shape index (κ3) is 5.47. The number of carbonyl (C=O) groups is 1. The molecule has 2 rings (SSSR count). The van der Waals surface area contributed by atoms with E-state index in [9.17, 15) is 13.2 Å². The summed E-state index contributed by atoms with van der Waals surface area (Å²) in [6, 6.07) is 10.9. The number of hydrogen-bond donors (Lipinski definition) is 2. The van der Waals surface area contributed by atoms with Crippen LogP contribution in [0.3, 0.4) is 0 Å². The van der Waals surface area contributed by atoms with Gasteiger partial charge >= 0.3 is 0 Å². The van der Waals surface area contributed by atoms with Crippen molar-refractivity contribution >= 4 is 33.2 Å². The van der Waals surface area contributed by atoms with Crippen molar-refractivity contribution in [3.8, 4) is 0 Å². The van der Waals surface area contributed by atoms with Crippen LogP contribution in [-0.2, 0) is 10.0 Å². The van der Waals surface area contributed by atoms with Gasteiger partial charge in [-0.3, -0.25) is 9.52 Å². The number of amides is 1. The first-order valence-electron chi connectivity index (χ1n) is 8.36. The summed E-state index contributed by atoms with van der Waals surface area (Å²) in [6.07, 6.45) is 0.862. The highest BCUT2D eigenvalue weighted by molar-refractivity contribution is 7.92. The Morgan fingerprint density at radius 2 is 1.88 bits per heavy atom. The fourth-order valence-corrected chi connectivity index (χ4v) is 3.73. The van der Waals surface area contributed by atoms with Gasteiger partial charge in [-0.15, -0.1) is 0 Å². The molecule has 2 aromatic carbocycles. The maximum Gasteiger partial charge on any atom is 0.261 e. The number of hydrogen-bond acceptors (Lipinski definition) is 3. The predicted molar refractivity (Wildman–Crippen MR) is 105 cm³/mol. The van der Waals surface area contributed by atoms with Crippen molar-refractivity contribution in [3.05, 3.63) is 58.6 Å². The first-order valence-corrected chi connectivity index (χ1v) is 10.2. The molecule has 2 aromatic rings. The Morgan fingerprint density at radius 1 is 1.15 bits per heavy atom. The number of benzene rings is 2. The first-order chi connectivity index (χ1) is 12.2. The largest absolute Gasteiger partial charge is 0.352 e. The van der Waals surface area contributed by atoms with E-state index in [1.165, 1.54) is 12.1 Å². The molecule has 0 spiro atoms. The molecule has 26 heavy (non-hydrogen) atoms. The highest BCUT2D eigenvalue weighted by atomic mass is 35.5. The minimum absolute atomic E-state index is 0.0309. The molecule has 5 nitrogen and oxygen atoms in total. The van der Waals surface area contributed by atoms with Crippen LogP contribution < -0.4 is 10.0 Å². The van der Waals surface area contributed by atoms with Gasteiger partial charge in [-0.2, -0.15) is 0 Å². The molecule has 0 atom stereocenters. The van der Waals surface area contributed by atoms with E-state index in [1.807, 2.05) is 0 Å². The second-order valence-corrected chi connectivity index (χ2v) is 8.65. The fraction of sp³-hybridized carbons (Fsp3) is 0.316. The molecule has 1 amide bonds. The molecule has 0 aliphatic rings. The lowest BCUT2D eigenvalue weighted by molar-refractivity contribution is 0.0952. The molecule has 0 saturated heterocycles. The van der Waals surface area contributed by atoms with Gasteiger partial charge in [0.25, 0.3) is 15.9 Å². The standard InChI is InChI=1S/C19H23ClN2O3S/c1-13(2)9-10-21-19(23)15-5-4-6-17(12-15)26(24,25)22-18-8-7-16(20)11-14(18)3/h4-8,11-13,22H,9-10H2,1-3H3,(H,21,23). The van der Waals surface area contributed by atoms with Gasteiger partial charge in [0.2, 0.25) is 0 Å². The molecular weight excluding hydrogens is 372 g/mol. The van der Waals surface area contributed by atoms with Gasteiger partial charge in [-0.05, 0) is 61.2 Å². The van der Waals surface area contributed by atoms with Gasteiger partial charge in [0, 0.05) is 17.1 Å². The van der Waals surface area contributed by atoms with E-state index in [2.05, 4.69) is 23.9 Å². The molecule has 0 aromatic heterocycles. The zero-order chi connectivity index (χ0) is 19.3. The fourth-order valence-electron chi connectivity index (χ4n) is 2.33. The van der Waals surface area contributed by atoms with E-state index >= 15 is 0 Å². The van der Waals surface area contributed by atoms with E-state index in [1.54, 1.807) is 37.3 Å². The van der Waals surface area contributed by atoms with Crippen LogP contribution in [0.15, 0.2) is 47.4 Å². The number of aryl methyl sites for hydroxylation is 1. The SMILES string of the molecule is Cc1cc(Cl)ccc1NS(=O)(=O)c1cccc(C(=O)NCCC(C)C)c1. The van der Waals surface area contributed by atoms with Crippen LogP contribution in [0.1, 0.15) is 36.2 Å². The minimum Gasteiger partial charge on any atom is -0.352 e. The van der Waals surface area contributed by atoms with Crippen molar-refractivity contribution in [2.75, 3.05) is 11.3 Å². The molecule has 0 unspecified atom stereocenters. The van der Waals surface area contributed by atoms with Crippen LogP contribution >= 0.6 is 11.6 Å². The number of sulfonamides is 1. The summed E-state index contributed by atoms with van der Waals surface area (Å²) < 4.78 is 27.8. The van der Waals surface area contributed by atoms with Gasteiger partial charge in [-0.1, -0.05) is 31.5 Å². The van der Waals surface area contributed by atoms with E-state index < -0.39 is 10.0 Å². The van der Waals surface area contributed by atoms with E-state index in [0.717, 1.165) is 6.42 Å². The van der Waals surface area contributed by atoms with Gasteiger partial charge < -0.3 is 5.32 Å². The van der Waals surface area contributed by atoms with Gasteiger partial charge in [0.15, 0.2) is 0 Å². The quantitative estimate of drug-likeness (QED) is 0.738.